The van der Waals surface area contributed by atoms with E-state index in [-0.39, 0.29) is 18.8 Å². The highest BCUT2D eigenvalue weighted by Crippen LogP contribution is 2.19. The summed E-state index contributed by atoms with van der Waals surface area (Å²) in [6, 6.07) is 8.07. The molecule has 8 heteroatoms. The molecular formula is C20H31F3N4O. The number of hydrogen-bond acceptors (Lipinski definition) is 3. The first-order valence-corrected chi connectivity index (χ1v) is 9.80. The number of ether oxygens (including phenoxy) is 1. The molecule has 2 unspecified atom stereocenters. The van der Waals surface area contributed by atoms with Crippen LogP contribution in [0.5, 0.6) is 0 Å². The van der Waals surface area contributed by atoms with Gasteiger partial charge in [-0.25, -0.2) is 4.99 Å². The van der Waals surface area contributed by atoms with Crippen LogP contribution < -0.4 is 10.6 Å². The smallest absolute Gasteiger partial charge is 0.373 e. The maximum atomic E-state index is 12.4. The SMILES string of the molecule is CCNC(=NCc1ccccc1CN1CC(C)OC(C)C1)NCCC(F)(F)F. The lowest BCUT2D eigenvalue weighted by Gasteiger charge is -2.35. The second-order valence-electron chi connectivity index (χ2n) is 7.21. The maximum absolute atomic E-state index is 12.4. The van der Waals surface area contributed by atoms with Gasteiger partial charge in [-0.3, -0.25) is 4.90 Å². The number of rotatable bonds is 7. The third-order valence-electron chi connectivity index (χ3n) is 4.46. The second kappa shape index (κ2) is 10.7. The van der Waals surface area contributed by atoms with Gasteiger partial charge in [0.25, 0.3) is 0 Å². The minimum absolute atomic E-state index is 0.194. The normalized spacial score (nSPS) is 21.6. The molecule has 5 nitrogen and oxygen atoms in total. The molecule has 1 saturated heterocycles. The minimum Gasteiger partial charge on any atom is -0.373 e. The zero-order valence-corrected chi connectivity index (χ0v) is 16.9. The number of halogens is 3. The molecule has 1 fully saturated rings. The largest absolute Gasteiger partial charge is 0.390 e. The Labute approximate surface area is 165 Å². The standard InChI is InChI=1S/C20H31F3N4O/c1-4-24-19(25-10-9-20(21,22)23)26-11-17-7-5-6-8-18(17)14-27-12-15(2)28-16(3)13-27/h5-8,15-16H,4,9-14H2,1-3H3,(H2,24,25,26). The third-order valence-corrected chi connectivity index (χ3v) is 4.46. The summed E-state index contributed by atoms with van der Waals surface area (Å²) in [5.74, 6) is 0.398. The molecule has 2 N–H and O–H groups in total. The Morgan fingerprint density at radius 2 is 1.79 bits per heavy atom. The highest BCUT2D eigenvalue weighted by molar-refractivity contribution is 5.79. The van der Waals surface area contributed by atoms with Crippen LogP contribution in [-0.4, -0.2) is 55.4 Å². The fraction of sp³-hybridized carbons (Fsp3) is 0.650. The van der Waals surface area contributed by atoms with Crippen LogP contribution in [0.15, 0.2) is 29.3 Å². The maximum Gasteiger partial charge on any atom is 0.390 e. The average Bonchev–Trinajstić information content (AvgIpc) is 2.59. The molecule has 0 bridgehead atoms. The number of benzene rings is 1. The zero-order valence-electron chi connectivity index (χ0n) is 16.9. The molecule has 2 rings (SSSR count). The average molecular weight is 400 g/mol. The van der Waals surface area contributed by atoms with Crippen LogP contribution in [0.4, 0.5) is 13.2 Å². The van der Waals surface area contributed by atoms with Crippen LogP contribution in [-0.2, 0) is 17.8 Å². The van der Waals surface area contributed by atoms with E-state index < -0.39 is 12.6 Å². The van der Waals surface area contributed by atoms with Crippen molar-refractivity contribution >= 4 is 5.96 Å². The molecule has 28 heavy (non-hydrogen) atoms. The van der Waals surface area contributed by atoms with Crippen molar-refractivity contribution in [3.8, 4) is 0 Å². The van der Waals surface area contributed by atoms with E-state index >= 15 is 0 Å². The first-order valence-electron chi connectivity index (χ1n) is 9.80. The quantitative estimate of drug-likeness (QED) is 0.545. The van der Waals surface area contributed by atoms with Crippen molar-refractivity contribution in [2.45, 2.75) is 58.7 Å². The van der Waals surface area contributed by atoms with Gasteiger partial charge in [0, 0.05) is 32.7 Å². The van der Waals surface area contributed by atoms with E-state index in [4.69, 9.17) is 4.74 Å². The lowest BCUT2D eigenvalue weighted by Crippen LogP contribution is -2.44. The van der Waals surface area contributed by atoms with E-state index in [1.807, 2.05) is 25.1 Å². The molecule has 0 radical (unpaired) electrons. The Balaban J connectivity index is 2.00. The van der Waals surface area contributed by atoms with E-state index in [9.17, 15) is 13.2 Å². The molecule has 1 heterocycles. The fourth-order valence-corrected chi connectivity index (χ4v) is 3.35. The topological polar surface area (TPSA) is 48.9 Å². The summed E-state index contributed by atoms with van der Waals surface area (Å²) in [7, 11) is 0. The molecule has 1 aromatic carbocycles. The van der Waals surface area contributed by atoms with E-state index in [0.717, 1.165) is 25.2 Å². The van der Waals surface area contributed by atoms with Crippen molar-refractivity contribution < 1.29 is 17.9 Å². The predicted octanol–water partition coefficient (Wildman–Crippen LogP) is 3.30. The van der Waals surface area contributed by atoms with E-state index in [2.05, 4.69) is 40.4 Å². The molecule has 158 valence electrons. The summed E-state index contributed by atoms with van der Waals surface area (Å²) >= 11 is 0. The van der Waals surface area contributed by atoms with Gasteiger partial charge in [-0.2, -0.15) is 13.2 Å². The summed E-state index contributed by atoms with van der Waals surface area (Å²) in [5.41, 5.74) is 2.25. The Kier molecular flexibility index (Phi) is 8.57. The molecule has 0 amide bonds. The van der Waals surface area contributed by atoms with Gasteiger partial charge < -0.3 is 15.4 Å². The number of nitrogens with one attached hydrogen (secondary N) is 2. The van der Waals surface area contributed by atoms with Gasteiger partial charge in [-0.05, 0) is 31.9 Å². The molecule has 0 aliphatic carbocycles. The third kappa shape index (κ3) is 8.06. The minimum atomic E-state index is -4.18. The molecule has 2 atom stereocenters. The lowest BCUT2D eigenvalue weighted by atomic mass is 10.1. The van der Waals surface area contributed by atoms with Gasteiger partial charge in [0.05, 0.1) is 25.2 Å². The fourth-order valence-electron chi connectivity index (χ4n) is 3.35. The summed E-state index contributed by atoms with van der Waals surface area (Å²) in [4.78, 5) is 6.84. The van der Waals surface area contributed by atoms with Crippen LogP contribution in [0.2, 0.25) is 0 Å². The van der Waals surface area contributed by atoms with Gasteiger partial charge in [0.1, 0.15) is 0 Å². The Hall–Kier alpha value is -1.80. The summed E-state index contributed by atoms with van der Waals surface area (Å²) < 4.78 is 42.9. The molecule has 1 aliphatic rings. The number of hydrogen-bond donors (Lipinski definition) is 2. The number of guanidine groups is 1. The van der Waals surface area contributed by atoms with Crippen LogP contribution in [0.1, 0.15) is 38.3 Å². The van der Waals surface area contributed by atoms with Gasteiger partial charge in [0.2, 0.25) is 0 Å². The highest BCUT2D eigenvalue weighted by Gasteiger charge is 2.26. The second-order valence-corrected chi connectivity index (χ2v) is 7.21. The van der Waals surface area contributed by atoms with Crippen molar-refractivity contribution in [2.24, 2.45) is 4.99 Å². The molecular weight excluding hydrogens is 369 g/mol. The molecule has 0 spiro atoms. The highest BCUT2D eigenvalue weighted by atomic mass is 19.4. The Bertz CT molecular complexity index is 626. The summed E-state index contributed by atoms with van der Waals surface area (Å²) in [6.45, 7) is 9.41. The van der Waals surface area contributed by atoms with E-state index in [1.54, 1.807) is 0 Å². The van der Waals surface area contributed by atoms with Crippen molar-refractivity contribution in [3.05, 3.63) is 35.4 Å². The number of alkyl halides is 3. The van der Waals surface area contributed by atoms with Crippen molar-refractivity contribution in [2.75, 3.05) is 26.2 Å². The molecule has 0 aromatic heterocycles. The first-order chi connectivity index (χ1) is 13.3. The molecule has 0 saturated carbocycles. The van der Waals surface area contributed by atoms with Gasteiger partial charge >= 0.3 is 6.18 Å². The number of morpholine rings is 1. The monoisotopic (exact) mass is 400 g/mol. The zero-order chi connectivity index (χ0) is 20.6. The number of aliphatic imine (C=N–C) groups is 1. The van der Waals surface area contributed by atoms with Crippen LogP contribution in [0, 0.1) is 0 Å². The number of nitrogens with zero attached hydrogens (tertiary/aromatic N) is 2. The summed E-state index contributed by atoms with van der Waals surface area (Å²) in [5, 5.41) is 5.75. The predicted molar refractivity (Wildman–Crippen MR) is 105 cm³/mol. The van der Waals surface area contributed by atoms with Crippen LogP contribution in [0.25, 0.3) is 0 Å². The first kappa shape index (κ1) is 22.5. The Morgan fingerprint density at radius 1 is 1.14 bits per heavy atom. The van der Waals surface area contributed by atoms with Gasteiger partial charge in [-0.1, -0.05) is 24.3 Å². The van der Waals surface area contributed by atoms with Crippen molar-refractivity contribution in [1.29, 1.82) is 0 Å². The van der Waals surface area contributed by atoms with Gasteiger partial charge in [0.15, 0.2) is 5.96 Å². The van der Waals surface area contributed by atoms with Crippen molar-refractivity contribution in [3.63, 3.8) is 0 Å². The molecule has 1 aliphatic heterocycles. The van der Waals surface area contributed by atoms with E-state index in [1.165, 1.54) is 5.56 Å². The Morgan fingerprint density at radius 3 is 2.39 bits per heavy atom. The lowest BCUT2D eigenvalue weighted by molar-refractivity contribution is -0.132. The van der Waals surface area contributed by atoms with Crippen molar-refractivity contribution in [1.82, 2.24) is 15.5 Å². The van der Waals surface area contributed by atoms with Crippen LogP contribution in [0.3, 0.4) is 0 Å². The van der Waals surface area contributed by atoms with Gasteiger partial charge in [-0.15, -0.1) is 0 Å². The van der Waals surface area contributed by atoms with E-state index in [0.29, 0.717) is 19.0 Å². The van der Waals surface area contributed by atoms with Crippen LogP contribution >= 0.6 is 0 Å². The molecule has 1 aromatic rings. The summed E-state index contributed by atoms with van der Waals surface area (Å²) in [6.07, 6.45) is -4.66.